The Morgan fingerprint density at radius 1 is 1.07 bits per heavy atom. The molecule has 0 aliphatic carbocycles. The molecule has 1 saturated heterocycles. The Balaban J connectivity index is 1.55. The Morgan fingerprint density at radius 2 is 1.82 bits per heavy atom. The van der Waals surface area contributed by atoms with E-state index >= 15 is 0 Å². The van der Waals surface area contributed by atoms with Crippen LogP contribution in [0.4, 0.5) is 5.13 Å². The topological polar surface area (TPSA) is 82.6 Å². The highest BCUT2D eigenvalue weighted by atomic mass is 32.2. The van der Waals surface area contributed by atoms with Gasteiger partial charge in [0.15, 0.2) is 5.13 Å². The molecule has 0 atom stereocenters. The first-order valence-electron chi connectivity index (χ1n) is 8.89. The number of amides is 1. The monoisotopic (exact) mass is 416 g/mol. The van der Waals surface area contributed by atoms with Gasteiger partial charge < -0.3 is 4.90 Å². The average Bonchev–Trinajstić information content (AvgIpc) is 3.10. The first-order valence-corrected chi connectivity index (χ1v) is 11.1. The zero-order valence-corrected chi connectivity index (χ0v) is 17.0. The number of sulfonamides is 1. The van der Waals surface area contributed by atoms with Crippen molar-refractivity contribution in [2.45, 2.75) is 4.90 Å². The van der Waals surface area contributed by atoms with E-state index in [0.717, 1.165) is 10.2 Å². The number of benzene rings is 2. The van der Waals surface area contributed by atoms with Crippen LogP contribution in [0.5, 0.6) is 0 Å². The number of aromatic nitrogens is 1. The molecule has 1 aliphatic rings. The largest absolute Gasteiger partial charge is 0.304 e. The van der Waals surface area contributed by atoms with Crippen molar-refractivity contribution in [1.82, 2.24) is 14.2 Å². The number of rotatable bonds is 4. The first kappa shape index (κ1) is 19.0. The number of anilines is 1. The van der Waals surface area contributed by atoms with Crippen LogP contribution < -0.4 is 5.32 Å². The highest BCUT2D eigenvalue weighted by Crippen LogP contribution is 2.26. The number of thiazole rings is 1. The van der Waals surface area contributed by atoms with Crippen molar-refractivity contribution in [1.29, 1.82) is 0 Å². The van der Waals surface area contributed by atoms with Gasteiger partial charge in [-0.3, -0.25) is 10.1 Å². The zero-order valence-electron chi connectivity index (χ0n) is 15.3. The lowest BCUT2D eigenvalue weighted by Crippen LogP contribution is -2.47. The summed E-state index contributed by atoms with van der Waals surface area (Å²) in [5.74, 6) is -0.380. The van der Waals surface area contributed by atoms with Crippen molar-refractivity contribution in [2.75, 3.05) is 38.5 Å². The van der Waals surface area contributed by atoms with Crippen molar-refractivity contribution >= 4 is 42.6 Å². The minimum Gasteiger partial charge on any atom is -0.304 e. The minimum absolute atomic E-state index is 0.133. The molecule has 1 aromatic heterocycles. The van der Waals surface area contributed by atoms with Crippen LogP contribution in [0.15, 0.2) is 53.4 Å². The van der Waals surface area contributed by atoms with E-state index in [1.165, 1.54) is 27.8 Å². The summed E-state index contributed by atoms with van der Waals surface area (Å²) in [4.78, 5) is 19.2. The van der Waals surface area contributed by atoms with Crippen LogP contribution >= 0.6 is 11.3 Å². The molecule has 1 N–H and O–H groups in total. The molecule has 0 spiro atoms. The van der Waals surface area contributed by atoms with Gasteiger partial charge in [0.1, 0.15) is 0 Å². The molecule has 0 bridgehead atoms. The summed E-state index contributed by atoms with van der Waals surface area (Å²) in [6.07, 6.45) is 0. The van der Waals surface area contributed by atoms with Gasteiger partial charge in [-0.2, -0.15) is 4.31 Å². The van der Waals surface area contributed by atoms with Gasteiger partial charge in [-0.1, -0.05) is 29.5 Å². The lowest BCUT2D eigenvalue weighted by Gasteiger charge is -2.31. The van der Waals surface area contributed by atoms with E-state index in [1.807, 2.05) is 31.3 Å². The highest BCUT2D eigenvalue weighted by Gasteiger charge is 2.28. The third-order valence-electron chi connectivity index (χ3n) is 4.71. The number of hydrogen-bond acceptors (Lipinski definition) is 6. The fourth-order valence-electron chi connectivity index (χ4n) is 3.07. The average molecular weight is 417 g/mol. The Bertz CT molecular complexity index is 1090. The van der Waals surface area contributed by atoms with Crippen molar-refractivity contribution in [3.63, 3.8) is 0 Å². The molecule has 0 radical (unpaired) electrons. The zero-order chi connectivity index (χ0) is 19.7. The van der Waals surface area contributed by atoms with E-state index in [-0.39, 0.29) is 16.4 Å². The van der Waals surface area contributed by atoms with Crippen LogP contribution in [0.3, 0.4) is 0 Å². The Morgan fingerprint density at radius 3 is 2.57 bits per heavy atom. The number of fused-ring (bicyclic) bond motifs is 1. The van der Waals surface area contributed by atoms with Crippen LogP contribution in [0.25, 0.3) is 10.2 Å². The summed E-state index contributed by atoms with van der Waals surface area (Å²) in [7, 11) is -1.65. The fourth-order valence-corrected chi connectivity index (χ4v) is 5.40. The van der Waals surface area contributed by atoms with Crippen LogP contribution in [-0.4, -0.2) is 61.7 Å². The van der Waals surface area contributed by atoms with E-state index in [2.05, 4.69) is 15.2 Å². The second-order valence-electron chi connectivity index (χ2n) is 6.68. The molecule has 1 fully saturated rings. The molecule has 0 unspecified atom stereocenters. The molecule has 7 nitrogen and oxygen atoms in total. The molecule has 0 saturated carbocycles. The van der Waals surface area contributed by atoms with Crippen LogP contribution in [0.2, 0.25) is 0 Å². The Hall–Kier alpha value is -2.33. The lowest BCUT2D eigenvalue weighted by molar-refractivity contribution is 0.102. The summed E-state index contributed by atoms with van der Waals surface area (Å²) in [6.45, 7) is 2.27. The lowest BCUT2D eigenvalue weighted by atomic mass is 10.2. The summed E-state index contributed by atoms with van der Waals surface area (Å²) < 4.78 is 28.3. The van der Waals surface area contributed by atoms with Crippen molar-refractivity contribution < 1.29 is 13.2 Å². The first-order chi connectivity index (χ1) is 13.4. The van der Waals surface area contributed by atoms with E-state index in [1.54, 1.807) is 12.1 Å². The van der Waals surface area contributed by atoms with Gasteiger partial charge in [-0.05, 0) is 37.4 Å². The molecule has 1 aliphatic heterocycles. The number of piperazine rings is 1. The predicted octanol–water partition coefficient (Wildman–Crippen LogP) is 2.48. The summed E-state index contributed by atoms with van der Waals surface area (Å²) >= 11 is 1.38. The Labute approximate surface area is 167 Å². The van der Waals surface area contributed by atoms with Gasteiger partial charge in [0.05, 0.1) is 15.1 Å². The molecule has 4 rings (SSSR count). The normalized spacial score (nSPS) is 16.3. The minimum atomic E-state index is -3.62. The maximum atomic E-state index is 12.9. The molecule has 1 amide bonds. The predicted molar refractivity (Wildman–Crippen MR) is 110 cm³/mol. The van der Waals surface area contributed by atoms with Crippen LogP contribution in [0.1, 0.15) is 10.4 Å². The van der Waals surface area contributed by atoms with Crippen molar-refractivity contribution in [3.05, 3.63) is 54.1 Å². The maximum Gasteiger partial charge on any atom is 0.257 e. The molecular weight excluding hydrogens is 396 g/mol. The highest BCUT2D eigenvalue weighted by molar-refractivity contribution is 7.89. The maximum absolute atomic E-state index is 12.9. The third kappa shape index (κ3) is 3.79. The molecule has 3 aromatic rings. The van der Waals surface area contributed by atoms with Gasteiger partial charge in [0.2, 0.25) is 10.0 Å². The number of para-hydroxylation sites is 1. The smallest absolute Gasteiger partial charge is 0.257 e. The van der Waals surface area contributed by atoms with Crippen molar-refractivity contribution in [2.24, 2.45) is 0 Å². The van der Waals surface area contributed by atoms with Gasteiger partial charge in [0, 0.05) is 31.7 Å². The second kappa shape index (κ2) is 7.59. The fraction of sp³-hybridized carbons (Fsp3) is 0.263. The second-order valence-corrected chi connectivity index (χ2v) is 9.64. The van der Waals surface area contributed by atoms with E-state index in [4.69, 9.17) is 0 Å². The third-order valence-corrected chi connectivity index (χ3v) is 7.56. The molecule has 146 valence electrons. The van der Waals surface area contributed by atoms with Gasteiger partial charge >= 0.3 is 0 Å². The van der Waals surface area contributed by atoms with Crippen LogP contribution in [-0.2, 0) is 10.0 Å². The van der Waals surface area contributed by atoms with Gasteiger partial charge in [-0.15, -0.1) is 0 Å². The Kier molecular flexibility index (Phi) is 5.15. The molecule has 28 heavy (non-hydrogen) atoms. The molecular formula is C19H20N4O3S2. The van der Waals surface area contributed by atoms with Gasteiger partial charge in [-0.25, -0.2) is 13.4 Å². The van der Waals surface area contributed by atoms with E-state index in [0.29, 0.717) is 31.3 Å². The molecule has 9 heteroatoms. The number of carbonyl (C=O) groups excluding carboxylic acids is 1. The standard InChI is InChI=1S/C19H20N4O3S2/c1-22-9-11-23(12-10-22)28(25,26)15-6-4-5-14(13-15)18(24)21-19-20-16-7-2-3-8-17(16)27-19/h2-8,13H,9-12H2,1H3,(H,20,21,24). The number of nitrogens with zero attached hydrogens (tertiary/aromatic N) is 3. The number of likely N-dealkylation sites (N-methyl/N-ethyl adjacent to an activating group) is 1. The summed E-state index contributed by atoms with van der Waals surface area (Å²) in [5, 5.41) is 3.25. The van der Waals surface area contributed by atoms with E-state index in [9.17, 15) is 13.2 Å². The summed E-state index contributed by atoms with van der Waals surface area (Å²) in [6, 6.07) is 13.8. The quantitative estimate of drug-likeness (QED) is 0.707. The molecule has 2 heterocycles. The van der Waals surface area contributed by atoms with Crippen LogP contribution in [0, 0.1) is 0 Å². The molecule has 2 aromatic carbocycles. The summed E-state index contributed by atoms with van der Waals surface area (Å²) in [5.41, 5.74) is 1.10. The number of nitrogens with one attached hydrogen (secondary N) is 1. The number of carbonyl (C=O) groups is 1. The van der Waals surface area contributed by atoms with Crippen molar-refractivity contribution in [3.8, 4) is 0 Å². The van der Waals surface area contributed by atoms with E-state index < -0.39 is 10.0 Å². The number of hydrogen-bond donors (Lipinski definition) is 1. The SMILES string of the molecule is CN1CCN(S(=O)(=O)c2cccc(C(=O)Nc3nc4ccccc4s3)c2)CC1. The van der Waals surface area contributed by atoms with Gasteiger partial charge in [0.25, 0.3) is 5.91 Å².